The minimum atomic E-state index is -2.01. The Kier molecular flexibility index (Phi) is 3.93. The topological polar surface area (TPSA) is 96.3 Å². The summed E-state index contributed by atoms with van der Waals surface area (Å²) in [5.41, 5.74) is -4.00. The van der Waals surface area contributed by atoms with Gasteiger partial charge in [-0.25, -0.2) is 4.89 Å². The minimum absolute atomic E-state index is 0.113. The normalized spacial score (nSPS) is 37.1. The maximum absolute atomic E-state index is 12.9. The van der Waals surface area contributed by atoms with Crippen LogP contribution in [0.3, 0.4) is 0 Å². The molecule has 0 aliphatic carbocycles. The predicted molar refractivity (Wildman–Crippen MR) is 76.7 cm³/mol. The molecule has 0 radical (unpaired) electrons. The SMILES string of the molecule is CC(C)[C@@H](O)[C@]12CO[C@H](C(C)(C)C)N1C(=O)C(C)(OO)C2=O. The highest BCUT2D eigenvalue weighted by atomic mass is 17.1. The Morgan fingerprint density at radius 2 is 1.91 bits per heavy atom. The van der Waals surface area contributed by atoms with Crippen molar-refractivity contribution in [3.63, 3.8) is 0 Å². The molecule has 1 unspecified atom stereocenters. The fraction of sp³-hybridized carbons (Fsp3) is 0.867. The number of aliphatic hydroxyl groups excluding tert-OH is 1. The molecule has 0 saturated carbocycles. The van der Waals surface area contributed by atoms with Crippen LogP contribution in [0.5, 0.6) is 0 Å². The number of aliphatic hydroxyl groups is 1. The fourth-order valence-electron chi connectivity index (χ4n) is 3.39. The van der Waals surface area contributed by atoms with Crippen molar-refractivity contribution in [1.82, 2.24) is 4.90 Å². The summed E-state index contributed by atoms with van der Waals surface area (Å²) in [5, 5.41) is 19.8. The van der Waals surface area contributed by atoms with Crippen LogP contribution in [0, 0.1) is 11.3 Å². The molecule has 126 valence electrons. The molecule has 2 heterocycles. The van der Waals surface area contributed by atoms with Crippen LogP contribution in [0.1, 0.15) is 41.5 Å². The molecule has 7 heteroatoms. The second-order valence-electron chi connectivity index (χ2n) is 7.77. The van der Waals surface area contributed by atoms with E-state index in [1.165, 1.54) is 11.8 Å². The van der Waals surface area contributed by atoms with Gasteiger partial charge in [-0.3, -0.25) is 19.7 Å². The molecule has 4 atom stereocenters. The lowest BCUT2D eigenvalue weighted by atomic mass is 9.80. The summed E-state index contributed by atoms with van der Waals surface area (Å²) < 4.78 is 5.72. The number of fused-ring (bicyclic) bond motifs is 1. The molecule has 2 N–H and O–H groups in total. The number of ether oxygens (including phenoxy) is 1. The zero-order valence-electron chi connectivity index (χ0n) is 13.9. The van der Waals surface area contributed by atoms with Gasteiger partial charge in [-0.2, -0.15) is 0 Å². The lowest BCUT2D eigenvalue weighted by Gasteiger charge is -2.39. The number of amides is 1. The summed E-state index contributed by atoms with van der Waals surface area (Å²) in [6.45, 7) is 10.3. The van der Waals surface area contributed by atoms with Crippen molar-refractivity contribution in [1.29, 1.82) is 0 Å². The highest BCUT2D eigenvalue weighted by Gasteiger charge is 2.74. The van der Waals surface area contributed by atoms with E-state index in [1.54, 1.807) is 13.8 Å². The summed E-state index contributed by atoms with van der Waals surface area (Å²) in [7, 11) is 0. The Bertz CT molecular complexity index is 499. The molecule has 0 spiro atoms. The van der Waals surface area contributed by atoms with Crippen LogP contribution in [0.25, 0.3) is 0 Å². The molecule has 0 aromatic heterocycles. The van der Waals surface area contributed by atoms with Gasteiger partial charge in [0.15, 0.2) is 5.54 Å². The number of hydrogen-bond donors (Lipinski definition) is 2. The first-order valence-corrected chi connectivity index (χ1v) is 7.45. The van der Waals surface area contributed by atoms with E-state index >= 15 is 0 Å². The number of Topliss-reactive ketones (excluding diaryl/α,β-unsaturated/α-hetero) is 1. The van der Waals surface area contributed by atoms with Gasteiger partial charge in [0, 0.05) is 5.41 Å². The number of carbonyl (C=O) groups is 2. The lowest BCUT2D eigenvalue weighted by Crippen LogP contribution is -2.61. The molecule has 2 saturated heterocycles. The van der Waals surface area contributed by atoms with Crippen LogP contribution < -0.4 is 0 Å². The number of rotatable bonds is 3. The third kappa shape index (κ3) is 1.96. The predicted octanol–water partition coefficient (Wildman–Crippen LogP) is 0.804. The molecular weight excluding hydrogens is 290 g/mol. The zero-order chi connectivity index (χ0) is 17.1. The number of carbonyl (C=O) groups excluding carboxylic acids is 2. The summed E-state index contributed by atoms with van der Waals surface area (Å²) in [6.07, 6.45) is -1.80. The summed E-state index contributed by atoms with van der Waals surface area (Å²) in [4.78, 5) is 31.2. The van der Waals surface area contributed by atoms with E-state index in [-0.39, 0.29) is 12.5 Å². The van der Waals surface area contributed by atoms with Crippen molar-refractivity contribution in [2.75, 3.05) is 6.61 Å². The van der Waals surface area contributed by atoms with Gasteiger partial charge in [0.05, 0.1) is 12.7 Å². The molecule has 22 heavy (non-hydrogen) atoms. The molecule has 2 aliphatic rings. The second kappa shape index (κ2) is 4.99. The van der Waals surface area contributed by atoms with Crippen molar-refractivity contribution in [2.45, 2.75) is 65.0 Å². The Morgan fingerprint density at radius 3 is 2.32 bits per heavy atom. The fourth-order valence-corrected chi connectivity index (χ4v) is 3.39. The largest absolute Gasteiger partial charge is 0.390 e. The third-order valence-electron chi connectivity index (χ3n) is 4.62. The average Bonchev–Trinajstić information content (AvgIpc) is 2.90. The Labute approximate surface area is 130 Å². The van der Waals surface area contributed by atoms with Gasteiger partial charge in [-0.05, 0) is 12.8 Å². The van der Waals surface area contributed by atoms with Gasteiger partial charge >= 0.3 is 0 Å². The van der Waals surface area contributed by atoms with Crippen molar-refractivity contribution in [3.8, 4) is 0 Å². The van der Waals surface area contributed by atoms with Crippen molar-refractivity contribution >= 4 is 11.7 Å². The molecule has 2 rings (SSSR count). The highest BCUT2D eigenvalue weighted by Crippen LogP contribution is 2.48. The van der Waals surface area contributed by atoms with E-state index in [2.05, 4.69) is 4.89 Å². The number of ketones is 1. The first-order valence-electron chi connectivity index (χ1n) is 7.45. The summed E-state index contributed by atoms with van der Waals surface area (Å²) in [5.74, 6) is -1.62. The maximum atomic E-state index is 12.9. The molecular formula is C15H25NO6. The Morgan fingerprint density at radius 1 is 1.36 bits per heavy atom. The van der Waals surface area contributed by atoms with Gasteiger partial charge < -0.3 is 9.84 Å². The molecule has 2 fully saturated rings. The maximum Gasteiger partial charge on any atom is 0.268 e. The van der Waals surface area contributed by atoms with Crippen LogP contribution >= 0.6 is 0 Å². The van der Waals surface area contributed by atoms with Crippen molar-refractivity contribution in [3.05, 3.63) is 0 Å². The summed E-state index contributed by atoms with van der Waals surface area (Å²) in [6, 6.07) is 0. The molecule has 0 aromatic rings. The van der Waals surface area contributed by atoms with Gasteiger partial charge in [0.25, 0.3) is 5.91 Å². The lowest BCUT2D eigenvalue weighted by molar-refractivity contribution is -0.296. The standard InChI is InChI=1S/C15H25NO6/c1-8(2)9(17)15-7-21-12(13(3,4)5)16(15)11(19)14(6,22-20)10(15)18/h8-9,12,17,20H,7H2,1-6H3/t9-,12-,14?,15+/m1/s1. The number of hydrogen-bond acceptors (Lipinski definition) is 6. The van der Waals surface area contributed by atoms with Crippen LogP contribution in [-0.4, -0.2) is 57.0 Å². The Hall–Kier alpha value is -1.02. The van der Waals surface area contributed by atoms with Crippen LogP contribution in [-0.2, 0) is 19.2 Å². The molecule has 0 aromatic carbocycles. The minimum Gasteiger partial charge on any atom is -0.390 e. The quantitative estimate of drug-likeness (QED) is 0.454. The molecule has 1 amide bonds. The third-order valence-corrected chi connectivity index (χ3v) is 4.62. The van der Waals surface area contributed by atoms with Gasteiger partial charge in [0.1, 0.15) is 6.23 Å². The van der Waals surface area contributed by atoms with Gasteiger partial charge in [-0.1, -0.05) is 34.6 Å². The van der Waals surface area contributed by atoms with E-state index in [9.17, 15) is 14.7 Å². The average molecular weight is 315 g/mol. The van der Waals surface area contributed by atoms with Crippen molar-refractivity contribution in [2.24, 2.45) is 11.3 Å². The van der Waals surface area contributed by atoms with Crippen molar-refractivity contribution < 1.29 is 29.6 Å². The van der Waals surface area contributed by atoms with E-state index in [1.807, 2.05) is 20.8 Å². The number of nitrogens with zero attached hydrogens (tertiary/aromatic N) is 1. The van der Waals surface area contributed by atoms with E-state index < -0.39 is 40.6 Å². The van der Waals surface area contributed by atoms with Crippen LogP contribution in [0.4, 0.5) is 0 Å². The van der Waals surface area contributed by atoms with E-state index in [0.717, 1.165) is 0 Å². The second-order valence-corrected chi connectivity index (χ2v) is 7.77. The monoisotopic (exact) mass is 315 g/mol. The molecule has 7 nitrogen and oxygen atoms in total. The summed E-state index contributed by atoms with van der Waals surface area (Å²) >= 11 is 0. The van der Waals surface area contributed by atoms with Gasteiger partial charge in [0.2, 0.25) is 11.4 Å². The smallest absolute Gasteiger partial charge is 0.268 e. The molecule has 0 bridgehead atoms. The van der Waals surface area contributed by atoms with Crippen LogP contribution in [0.15, 0.2) is 0 Å². The Balaban J connectivity index is 2.62. The highest BCUT2D eigenvalue weighted by molar-refractivity contribution is 6.20. The van der Waals surface area contributed by atoms with Gasteiger partial charge in [-0.15, -0.1) is 0 Å². The van der Waals surface area contributed by atoms with E-state index in [4.69, 9.17) is 9.99 Å². The first-order chi connectivity index (χ1) is 9.94. The first kappa shape index (κ1) is 17.3. The zero-order valence-corrected chi connectivity index (χ0v) is 13.9. The van der Waals surface area contributed by atoms with Crippen LogP contribution in [0.2, 0.25) is 0 Å². The molecule has 2 aliphatic heterocycles. The van der Waals surface area contributed by atoms with E-state index in [0.29, 0.717) is 0 Å².